The van der Waals surface area contributed by atoms with Crippen molar-refractivity contribution in [3.63, 3.8) is 0 Å². The fourth-order valence-corrected chi connectivity index (χ4v) is 3.70. The van der Waals surface area contributed by atoms with Crippen LogP contribution in [0.5, 0.6) is 0 Å². The molecule has 1 saturated heterocycles. The van der Waals surface area contributed by atoms with E-state index in [0.29, 0.717) is 5.69 Å². The molecule has 3 rings (SSSR count). The van der Waals surface area contributed by atoms with Crippen molar-refractivity contribution in [2.75, 3.05) is 24.4 Å². The maximum atomic E-state index is 12.1. The molecule has 1 aliphatic heterocycles. The molecule has 0 aliphatic carbocycles. The number of anilines is 1. The smallest absolute Gasteiger partial charge is 0.262 e. The number of hydrogen-bond donors (Lipinski definition) is 1. The number of sulfonamides is 1. The number of likely N-dealkylation sites (tertiary alicyclic amines) is 1. The van der Waals surface area contributed by atoms with Crippen LogP contribution in [-0.2, 0) is 10.0 Å². The van der Waals surface area contributed by atoms with Gasteiger partial charge in [0.25, 0.3) is 10.0 Å². The first-order chi connectivity index (χ1) is 11.6. The van der Waals surface area contributed by atoms with E-state index in [9.17, 15) is 8.42 Å². The molecule has 24 heavy (non-hydrogen) atoms. The maximum Gasteiger partial charge on any atom is 0.262 e. The Balaban J connectivity index is 1.64. The summed E-state index contributed by atoms with van der Waals surface area (Å²) in [5, 5.41) is 3.19. The van der Waals surface area contributed by atoms with Gasteiger partial charge in [-0.25, -0.2) is 8.42 Å². The monoisotopic (exact) mass is 342 g/mol. The summed E-state index contributed by atoms with van der Waals surface area (Å²) in [4.78, 5) is 2.31. The van der Waals surface area contributed by atoms with Gasteiger partial charge in [-0.05, 0) is 54.9 Å². The van der Waals surface area contributed by atoms with E-state index >= 15 is 0 Å². The zero-order valence-corrected chi connectivity index (χ0v) is 14.4. The Morgan fingerprint density at radius 2 is 1.79 bits per heavy atom. The lowest BCUT2D eigenvalue weighted by molar-refractivity contribution is 0.251. The van der Waals surface area contributed by atoms with Crippen LogP contribution in [0.2, 0.25) is 0 Å². The predicted octanol–water partition coefficient (Wildman–Crippen LogP) is 3.74. The third kappa shape index (κ3) is 4.71. The van der Waals surface area contributed by atoms with Crippen LogP contribution < -0.4 is 4.72 Å². The molecule has 4 nitrogen and oxygen atoms in total. The fraction of sp³-hybridized carbons (Fsp3) is 0.316. The highest BCUT2D eigenvalue weighted by Gasteiger charge is 2.08. The van der Waals surface area contributed by atoms with Crippen LogP contribution in [0.4, 0.5) is 5.69 Å². The summed E-state index contributed by atoms with van der Waals surface area (Å²) in [5.41, 5.74) is 3.35. The molecule has 0 aromatic heterocycles. The SMILES string of the molecule is O=S(=O)(C=C=CCN1CCCCC1)Nc1ccc2ccccc2c1. The van der Waals surface area contributed by atoms with Gasteiger partial charge >= 0.3 is 0 Å². The summed E-state index contributed by atoms with van der Waals surface area (Å²) in [6.07, 6.45) is 5.52. The van der Waals surface area contributed by atoms with Gasteiger partial charge in [0, 0.05) is 12.2 Å². The van der Waals surface area contributed by atoms with E-state index in [1.165, 1.54) is 19.3 Å². The van der Waals surface area contributed by atoms with Gasteiger partial charge in [-0.15, -0.1) is 5.73 Å². The second-order valence-corrected chi connectivity index (χ2v) is 7.59. The average molecular weight is 342 g/mol. The van der Waals surface area contributed by atoms with Crippen molar-refractivity contribution in [1.82, 2.24) is 4.90 Å². The van der Waals surface area contributed by atoms with Crippen molar-refractivity contribution in [2.24, 2.45) is 0 Å². The van der Waals surface area contributed by atoms with Crippen LogP contribution in [-0.4, -0.2) is 33.0 Å². The molecule has 0 spiro atoms. The molecule has 1 N–H and O–H groups in total. The van der Waals surface area contributed by atoms with Crippen molar-refractivity contribution in [3.05, 3.63) is 59.7 Å². The Hall–Kier alpha value is -2.07. The number of benzene rings is 2. The van der Waals surface area contributed by atoms with E-state index < -0.39 is 10.0 Å². The second-order valence-electron chi connectivity index (χ2n) is 6.06. The van der Waals surface area contributed by atoms with Crippen molar-refractivity contribution in [3.8, 4) is 0 Å². The topological polar surface area (TPSA) is 49.4 Å². The van der Waals surface area contributed by atoms with Gasteiger partial charge in [0.1, 0.15) is 0 Å². The largest absolute Gasteiger partial charge is 0.299 e. The third-order valence-corrected chi connectivity index (χ3v) is 5.12. The molecule has 2 aromatic rings. The molecule has 0 amide bonds. The molecule has 0 radical (unpaired) electrons. The quantitative estimate of drug-likeness (QED) is 0.842. The predicted molar refractivity (Wildman–Crippen MR) is 99.4 cm³/mol. The first kappa shape index (κ1) is 16.8. The van der Waals surface area contributed by atoms with Gasteiger partial charge in [-0.1, -0.05) is 36.8 Å². The molecule has 126 valence electrons. The van der Waals surface area contributed by atoms with E-state index in [1.54, 1.807) is 12.1 Å². The van der Waals surface area contributed by atoms with Crippen LogP contribution in [0.3, 0.4) is 0 Å². The minimum atomic E-state index is -3.54. The highest BCUT2D eigenvalue weighted by Crippen LogP contribution is 2.19. The summed E-state index contributed by atoms with van der Waals surface area (Å²) in [7, 11) is -3.54. The Kier molecular flexibility index (Phi) is 5.36. The molecule has 0 unspecified atom stereocenters. The third-order valence-electron chi connectivity index (χ3n) is 4.15. The van der Waals surface area contributed by atoms with Crippen LogP contribution in [0.1, 0.15) is 19.3 Å². The van der Waals surface area contributed by atoms with Crippen LogP contribution in [0.25, 0.3) is 10.8 Å². The Bertz CT molecular complexity index is 862. The van der Waals surface area contributed by atoms with E-state index in [0.717, 1.165) is 35.8 Å². The zero-order chi connectivity index (χ0) is 16.8. The lowest BCUT2D eigenvalue weighted by Crippen LogP contribution is -2.29. The second kappa shape index (κ2) is 7.67. The lowest BCUT2D eigenvalue weighted by atomic mass is 10.1. The summed E-state index contributed by atoms with van der Waals surface area (Å²) >= 11 is 0. The fourth-order valence-electron chi connectivity index (χ4n) is 2.91. The Morgan fingerprint density at radius 3 is 2.58 bits per heavy atom. The molecule has 1 fully saturated rings. The molecule has 1 heterocycles. The number of rotatable bonds is 5. The molecule has 0 saturated carbocycles. The van der Waals surface area contributed by atoms with Crippen LogP contribution >= 0.6 is 0 Å². The summed E-state index contributed by atoms with van der Waals surface area (Å²) in [6, 6.07) is 13.4. The minimum Gasteiger partial charge on any atom is -0.299 e. The average Bonchev–Trinajstić information content (AvgIpc) is 2.59. The normalized spacial score (nSPS) is 15.7. The molecule has 2 aromatic carbocycles. The molecule has 5 heteroatoms. The van der Waals surface area contributed by atoms with Crippen molar-refractivity contribution in [2.45, 2.75) is 19.3 Å². The number of piperidine rings is 1. The van der Waals surface area contributed by atoms with Crippen molar-refractivity contribution in [1.29, 1.82) is 0 Å². The van der Waals surface area contributed by atoms with E-state index in [-0.39, 0.29) is 0 Å². The van der Waals surface area contributed by atoms with E-state index in [2.05, 4.69) is 15.4 Å². The van der Waals surface area contributed by atoms with Crippen LogP contribution in [0, 0.1) is 0 Å². The number of nitrogens with zero attached hydrogens (tertiary/aromatic N) is 1. The summed E-state index contributed by atoms with van der Waals surface area (Å²) in [5.74, 6) is 0. The molecular formula is C19H22N2O2S. The molecular weight excluding hydrogens is 320 g/mol. The van der Waals surface area contributed by atoms with E-state index in [1.807, 2.05) is 36.4 Å². The maximum absolute atomic E-state index is 12.1. The van der Waals surface area contributed by atoms with Gasteiger partial charge in [-0.2, -0.15) is 0 Å². The zero-order valence-electron chi connectivity index (χ0n) is 13.6. The molecule has 0 bridgehead atoms. The molecule has 0 atom stereocenters. The minimum absolute atomic E-state index is 0.558. The summed E-state index contributed by atoms with van der Waals surface area (Å²) < 4.78 is 26.8. The van der Waals surface area contributed by atoms with E-state index in [4.69, 9.17) is 0 Å². The standard InChI is InChI=1S/C19H22N2O2S/c22-24(23,15-7-6-14-21-12-4-1-5-13-21)20-19-11-10-17-8-2-3-9-18(17)16-19/h2-3,6,8-11,15-16,20H,1,4-5,12-14H2. The molecule has 1 aliphatic rings. The number of nitrogens with one attached hydrogen (secondary N) is 1. The van der Waals surface area contributed by atoms with Crippen LogP contribution in [0.15, 0.2) is 59.7 Å². The van der Waals surface area contributed by atoms with Gasteiger partial charge in [0.15, 0.2) is 0 Å². The highest BCUT2D eigenvalue weighted by atomic mass is 32.2. The van der Waals surface area contributed by atoms with Gasteiger partial charge in [0.2, 0.25) is 0 Å². The Labute approximate surface area is 143 Å². The number of fused-ring (bicyclic) bond motifs is 1. The van der Waals surface area contributed by atoms with Crippen molar-refractivity contribution >= 4 is 26.5 Å². The van der Waals surface area contributed by atoms with Gasteiger partial charge in [-0.3, -0.25) is 9.62 Å². The van der Waals surface area contributed by atoms with Crippen molar-refractivity contribution < 1.29 is 8.42 Å². The van der Waals surface area contributed by atoms with Gasteiger partial charge < -0.3 is 0 Å². The highest BCUT2D eigenvalue weighted by molar-refractivity contribution is 7.95. The first-order valence-electron chi connectivity index (χ1n) is 8.27. The van der Waals surface area contributed by atoms with Gasteiger partial charge in [0.05, 0.1) is 5.41 Å². The lowest BCUT2D eigenvalue weighted by Gasteiger charge is -2.24. The Morgan fingerprint density at radius 1 is 1.04 bits per heavy atom. The number of hydrogen-bond acceptors (Lipinski definition) is 3. The first-order valence-corrected chi connectivity index (χ1v) is 9.82. The summed E-state index contributed by atoms with van der Waals surface area (Å²) in [6.45, 7) is 2.92.